The zero-order chi connectivity index (χ0) is 4.28. The van der Waals surface area contributed by atoms with Crippen molar-refractivity contribution in [1.29, 1.82) is 5.41 Å². The van der Waals surface area contributed by atoms with Gasteiger partial charge in [0.1, 0.15) is 0 Å². The van der Waals surface area contributed by atoms with Crippen LogP contribution in [0, 0.1) is 5.41 Å². The summed E-state index contributed by atoms with van der Waals surface area (Å²) in [6.45, 7) is 0. The molecule has 0 amide bonds. The average molecular weight is 111 g/mol. The van der Waals surface area contributed by atoms with Crippen LogP contribution in [-0.4, -0.2) is 4.50 Å². The van der Waals surface area contributed by atoms with Gasteiger partial charge in [0.25, 0.3) is 0 Å². The Balaban J connectivity index is 2.85. The van der Waals surface area contributed by atoms with Gasteiger partial charge in [-0.2, -0.15) is 0 Å². The van der Waals surface area contributed by atoms with E-state index in [1.54, 1.807) is 0 Å². The van der Waals surface area contributed by atoms with E-state index in [1.807, 2.05) is 0 Å². The molecular formula is CH3ClN2S. The van der Waals surface area contributed by atoms with E-state index in [0.29, 0.717) is 0 Å². The van der Waals surface area contributed by atoms with Crippen LogP contribution in [0.15, 0.2) is 0 Å². The van der Waals surface area contributed by atoms with Crippen molar-refractivity contribution in [3.63, 3.8) is 0 Å². The van der Waals surface area contributed by atoms with Crippen molar-refractivity contribution in [2.24, 2.45) is 5.14 Å². The number of nitrogens with two attached hydrogens (primary N) is 1. The second-order valence-electron chi connectivity index (χ2n) is 0.392. The molecule has 0 aromatic heterocycles. The van der Waals surface area contributed by atoms with Crippen molar-refractivity contribution in [2.45, 2.75) is 0 Å². The van der Waals surface area contributed by atoms with Crippen LogP contribution in [-0.2, 0) is 0 Å². The van der Waals surface area contributed by atoms with E-state index >= 15 is 0 Å². The van der Waals surface area contributed by atoms with Gasteiger partial charge in [-0.3, -0.25) is 10.5 Å². The summed E-state index contributed by atoms with van der Waals surface area (Å²) in [7, 11) is 0. The van der Waals surface area contributed by atoms with Crippen molar-refractivity contribution in [3.05, 3.63) is 0 Å². The second-order valence-corrected chi connectivity index (χ2v) is 1.64. The molecule has 0 saturated carbocycles. The Morgan fingerprint density at radius 2 is 2.20 bits per heavy atom. The van der Waals surface area contributed by atoms with Gasteiger partial charge in [-0.05, 0) is 11.9 Å². The SMILES string of the molecule is N=C(Cl)SN. The lowest BCUT2D eigenvalue weighted by molar-refractivity contribution is 1.59. The van der Waals surface area contributed by atoms with Crippen LogP contribution in [0.2, 0.25) is 0 Å². The Morgan fingerprint density at radius 1 is 2.00 bits per heavy atom. The normalized spacial score (nSPS) is 7.60. The van der Waals surface area contributed by atoms with Gasteiger partial charge in [-0.25, -0.2) is 0 Å². The molecule has 0 heterocycles. The van der Waals surface area contributed by atoms with Gasteiger partial charge < -0.3 is 0 Å². The van der Waals surface area contributed by atoms with Crippen molar-refractivity contribution in [3.8, 4) is 0 Å². The summed E-state index contributed by atoms with van der Waals surface area (Å²) >= 11 is 5.61. The fraction of sp³-hybridized carbons (Fsp3) is 0. The van der Waals surface area contributed by atoms with Crippen LogP contribution in [0.3, 0.4) is 0 Å². The standard InChI is InChI=1S/CH3ClN2S/c2-1(3)5-4/h3H,4H2. The second kappa shape index (κ2) is 2.50. The highest BCUT2D eigenvalue weighted by molar-refractivity contribution is 8.14. The molecule has 5 heavy (non-hydrogen) atoms. The third-order valence-corrected chi connectivity index (χ3v) is 0.578. The predicted molar refractivity (Wildman–Crippen MR) is 25.4 cm³/mol. The third-order valence-electron chi connectivity index (χ3n) is 0.103. The Hall–Kier alpha value is 0.270. The van der Waals surface area contributed by atoms with Crippen LogP contribution in [0.5, 0.6) is 0 Å². The highest BCUT2D eigenvalue weighted by atomic mass is 35.5. The molecule has 4 heteroatoms. The molecule has 0 aliphatic heterocycles. The molecule has 0 aromatic rings. The molecule has 0 bridgehead atoms. The number of halogens is 1. The number of rotatable bonds is 0. The Kier molecular flexibility index (Phi) is 2.64. The molecule has 0 fully saturated rings. The maximum atomic E-state index is 6.35. The van der Waals surface area contributed by atoms with Crippen LogP contribution in [0.1, 0.15) is 0 Å². The summed E-state index contributed by atoms with van der Waals surface area (Å²) in [5, 5.41) is 11.1. The lowest BCUT2D eigenvalue weighted by atomic mass is 11.7. The molecule has 0 radical (unpaired) electrons. The first-order valence-electron chi connectivity index (χ1n) is 0.879. The van der Waals surface area contributed by atoms with Gasteiger partial charge in [-0.1, -0.05) is 11.6 Å². The first-order valence-corrected chi connectivity index (χ1v) is 2.14. The Labute approximate surface area is 39.3 Å². The van der Waals surface area contributed by atoms with Gasteiger partial charge in [0.05, 0.1) is 0 Å². The van der Waals surface area contributed by atoms with E-state index in [4.69, 9.17) is 22.1 Å². The fourth-order valence-electron chi connectivity index (χ4n) is 0. The zero-order valence-corrected chi connectivity index (χ0v) is 3.94. The summed E-state index contributed by atoms with van der Waals surface area (Å²) in [4.78, 5) is 0. The van der Waals surface area contributed by atoms with E-state index in [2.05, 4.69) is 0 Å². The predicted octanol–water partition coefficient (Wildman–Crippen LogP) is 0.767. The summed E-state index contributed by atoms with van der Waals surface area (Å²) < 4.78 is -0.0787. The van der Waals surface area contributed by atoms with E-state index in [1.165, 1.54) is 0 Å². The number of hydrogen-bond acceptors (Lipinski definition) is 3. The van der Waals surface area contributed by atoms with Crippen LogP contribution in [0.4, 0.5) is 0 Å². The summed E-state index contributed by atoms with van der Waals surface area (Å²) in [6.07, 6.45) is 0. The molecule has 0 spiro atoms. The molecule has 0 aliphatic carbocycles. The molecular weight excluding hydrogens is 108 g/mol. The molecule has 0 saturated heterocycles. The molecule has 0 aromatic carbocycles. The quantitative estimate of drug-likeness (QED) is 0.275. The summed E-state index contributed by atoms with van der Waals surface area (Å²) in [5.74, 6) is 0. The first kappa shape index (κ1) is 5.27. The van der Waals surface area contributed by atoms with Gasteiger partial charge in [-0.15, -0.1) is 0 Å². The van der Waals surface area contributed by atoms with Crippen molar-refractivity contribution in [1.82, 2.24) is 0 Å². The highest BCUT2D eigenvalue weighted by Crippen LogP contribution is 1.91. The molecule has 30 valence electrons. The van der Waals surface area contributed by atoms with Crippen LogP contribution < -0.4 is 5.14 Å². The van der Waals surface area contributed by atoms with Gasteiger partial charge in [0.2, 0.25) is 0 Å². The maximum Gasteiger partial charge on any atom is 0.170 e. The lowest BCUT2D eigenvalue weighted by Gasteiger charge is -1.73. The van der Waals surface area contributed by atoms with Gasteiger partial charge >= 0.3 is 0 Å². The number of hydrogen-bond donors (Lipinski definition) is 2. The largest absolute Gasteiger partial charge is 0.282 e. The molecule has 0 rings (SSSR count). The maximum absolute atomic E-state index is 6.35. The molecule has 3 N–H and O–H groups in total. The molecule has 2 nitrogen and oxygen atoms in total. The lowest BCUT2D eigenvalue weighted by Crippen LogP contribution is -1.80. The van der Waals surface area contributed by atoms with Crippen molar-refractivity contribution >= 4 is 28.1 Å². The monoisotopic (exact) mass is 110 g/mol. The van der Waals surface area contributed by atoms with Crippen LogP contribution in [0.25, 0.3) is 0 Å². The Morgan fingerprint density at radius 3 is 2.20 bits per heavy atom. The molecule has 0 atom stereocenters. The molecule has 0 unspecified atom stereocenters. The van der Waals surface area contributed by atoms with Gasteiger partial charge in [0.15, 0.2) is 4.50 Å². The first-order chi connectivity index (χ1) is 2.27. The highest BCUT2D eigenvalue weighted by Gasteiger charge is 1.75. The topological polar surface area (TPSA) is 49.9 Å². The van der Waals surface area contributed by atoms with Gasteiger partial charge in [0, 0.05) is 0 Å². The average Bonchev–Trinajstić information content (AvgIpc) is 1.38. The smallest absolute Gasteiger partial charge is 0.170 e. The molecule has 0 aliphatic rings. The van der Waals surface area contributed by atoms with Crippen molar-refractivity contribution < 1.29 is 0 Å². The van der Waals surface area contributed by atoms with Crippen molar-refractivity contribution in [2.75, 3.05) is 0 Å². The minimum Gasteiger partial charge on any atom is -0.282 e. The van der Waals surface area contributed by atoms with E-state index in [0.717, 1.165) is 11.9 Å². The van der Waals surface area contributed by atoms with E-state index in [-0.39, 0.29) is 4.50 Å². The minimum absolute atomic E-state index is 0.0787. The Bertz CT molecular complexity index is 44.9. The van der Waals surface area contributed by atoms with Crippen LogP contribution >= 0.6 is 23.5 Å². The summed E-state index contributed by atoms with van der Waals surface area (Å²) in [5.41, 5.74) is 0. The number of nitrogens with one attached hydrogen (secondary N) is 1. The summed E-state index contributed by atoms with van der Waals surface area (Å²) in [6, 6.07) is 0. The fourth-order valence-corrected chi connectivity index (χ4v) is 0. The van der Waals surface area contributed by atoms with E-state index < -0.39 is 0 Å². The third kappa shape index (κ3) is 4.27. The van der Waals surface area contributed by atoms with E-state index in [9.17, 15) is 0 Å². The zero-order valence-electron chi connectivity index (χ0n) is 2.36. The minimum atomic E-state index is -0.0787.